The lowest BCUT2D eigenvalue weighted by molar-refractivity contribution is 0.112. The number of pyridine rings is 1. The molecule has 1 saturated carbocycles. The van der Waals surface area contributed by atoms with Crippen molar-refractivity contribution in [3.8, 4) is 11.1 Å². The molecule has 0 amide bonds. The average molecular weight is 311 g/mol. The van der Waals surface area contributed by atoms with Gasteiger partial charge in [-0.05, 0) is 48.4 Å². The maximum atomic E-state index is 13.3. The quantitative estimate of drug-likeness (QED) is 0.630. The van der Waals surface area contributed by atoms with E-state index in [1.165, 1.54) is 12.1 Å². The van der Waals surface area contributed by atoms with Crippen LogP contribution in [-0.4, -0.2) is 11.3 Å². The highest BCUT2D eigenvalue weighted by Gasteiger charge is 2.30. The number of benzene rings is 1. The zero-order valence-corrected chi connectivity index (χ0v) is 12.9. The average Bonchev–Trinajstić information content (AvgIpc) is 3.31. The Morgan fingerprint density at radius 1 is 1.27 bits per heavy atom. The van der Waals surface area contributed by atoms with Gasteiger partial charge in [0.2, 0.25) is 0 Å². The molecule has 0 bridgehead atoms. The van der Waals surface area contributed by atoms with Crippen LogP contribution < -0.4 is 0 Å². The number of rotatable bonds is 3. The number of aldehydes is 1. The molecule has 4 heteroatoms. The molecule has 3 aromatic rings. The molecule has 0 N–H and O–H groups in total. The molecule has 0 aliphatic heterocycles. The molecule has 1 fully saturated rings. The number of hydrogen-bond acceptors (Lipinski definition) is 3. The third-order valence-electron chi connectivity index (χ3n) is 4.19. The van der Waals surface area contributed by atoms with E-state index in [2.05, 4.69) is 5.38 Å². The van der Waals surface area contributed by atoms with Crippen LogP contribution in [0, 0.1) is 12.7 Å². The molecular formula is C18H14FNOS. The number of carbonyl (C=O) groups is 1. The van der Waals surface area contributed by atoms with Crippen LogP contribution in [0.3, 0.4) is 0 Å². The first kappa shape index (κ1) is 13.6. The number of aromatic nitrogens is 1. The van der Waals surface area contributed by atoms with Crippen molar-refractivity contribution < 1.29 is 9.18 Å². The predicted molar refractivity (Wildman–Crippen MR) is 87.1 cm³/mol. The number of aryl methyl sites for hydroxylation is 1. The minimum absolute atomic E-state index is 0.272. The third kappa shape index (κ3) is 2.06. The number of thiophene rings is 1. The van der Waals surface area contributed by atoms with E-state index in [4.69, 9.17) is 4.98 Å². The zero-order valence-electron chi connectivity index (χ0n) is 12.1. The lowest BCUT2D eigenvalue weighted by Gasteiger charge is -2.12. The van der Waals surface area contributed by atoms with Gasteiger partial charge in [0, 0.05) is 22.4 Å². The van der Waals surface area contributed by atoms with Gasteiger partial charge in [0.15, 0.2) is 6.29 Å². The van der Waals surface area contributed by atoms with Crippen molar-refractivity contribution in [2.45, 2.75) is 25.7 Å². The maximum Gasteiger partial charge on any atom is 0.152 e. The van der Waals surface area contributed by atoms with Gasteiger partial charge in [-0.2, -0.15) is 0 Å². The molecule has 2 nitrogen and oxygen atoms in total. The molecule has 2 aromatic heterocycles. The Morgan fingerprint density at radius 2 is 2.00 bits per heavy atom. The van der Waals surface area contributed by atoms with Crippen LogP contribution >= 0.6 is 11.3 Å². The summed E-state index contributed by atoms with van der Waals surface area (Å²) in [4.78, 5) is 17.5. The van der Waals surface area contributed by atoms with Gasteiger partial charge in [0.25, 0.3) is 0 Å². The van der Waals surface area contributed by atoms with E-state index >= 15 is 0 Å². The van der Waals surface area contributed by atoms with Gasteiger partial charge in [-0.25, -0.2) is 9.37 Å². The molecule has 0 atom stereocenters. The van der Waals surface area contributed by atoms with Crippen molar-refractivity contribution in [3.05, 3.63) is 52.3 Å². The van der Waals surface area contributed by atoms with Gasteiger partial charge < -0.3 is 0 Å². The highest BCUT2D eigenvalue weighted by Crippen LogP contribution is 2.45. The zero-order chi connectivity index (χ0) is 15.3. The van der Waals surface area contributed by atoms with Crippen LogP contribution in [0.1, 0.15) is 40.4 Å². The first-order chi connectivity index (χ1) is 10.7. The first-order valence-corrected chi connectivity index (χ1v) is 8.20. The Bertz CT molecular complexity index is 878. The summed E-state index contributed by atoms with van der Waals surface area (Å²) in [5, 5.41) is 3.08. The summed E-state index contributed by atoms with van der Waals surface area (Å²) >= 11 is 1.60. The Morgan fingerprint density at radius 3 is 2.64 bits per heavy atom. The molecule has 0 unspecified atom stereocenters. The smallest absolute Gasteiger partial charge is 0.152 e. The van der Waals surface area contributed by atoms with Crippen LogP contribution in [0.15, 0.2) is 29.6 Å². The normalized spacial score (nSPS) is 14.5. The van der Waals surface area contributed by atoms with Crippen LogP contribution in [0.5, 0.6) is 0 Å². The van der Waals surface area contributed by atoms with E-state index in [9.17, 15) is 9.18 Å². The molecule has 4 rings (SSSR count). The fourth-order valence-corrected chi connectivity index (χ4v) is 3.89. The number of hydrogen-bond donors (Lipinski definition) is 0. The molecule has 1 aliphatic carbocycles. The van der Waals surface area contributed by atoms with Gasteiger partial charge in [-0.15, -0.1) is 11.3 Å². The summed E-state index contributed by atoms with van der Waals surface area (Å²) in [6, 6.07) is 6.36. The highest BCUT2D eigenvalue weighted by atomic mass is 32.1. The molecule has 2 heterocycles. The summed E-state index contributed by atoms with van der Waals surface area (Å²) in [5.74, 6) is 0.123. The first-order valence-electron chi connectivity index (χ1n) is 7.32. The van der Waals surface area contributed by atoms with Gasteiger partial charge in [0.1, 0.15) is 10.6 Å². The number of halogens is 1. The minimum Gasteiger partial charge on any atom is -0.298 e. The van der Waals surface area contributed by atoms with Gasteiger partial charge in [0.05, 0.1) is 5.69 Å². The second-order valence-corrected chi connectivity index (χ2v) is 6.64. The summed E-state index contributed by atoms with van der Waals surface area (Å²) in [6.45, 7) is 2.03. The van der Waals surface area contributed by atoms with Crippen LogP contribution in [0.2, 0.25) is 0 Å². The lowest BCUT2D eigenvalue weighted by atomic mass is 9.94. The van der Waals surface area contributed by atoms with E-state index < -0.39 is 0 Å². The molecular weight excluding hydrogens is 297 g/mol. The Hall–Kier alpha value is -2.07. The molecule has 1 aliphatic rings. The summed E-state index contributed by atoms with van der Waals surface area (Å²) in [6.07, 6.45) is 3.09. The maximum absolute atomic E-state index is 13.3. The van der Waals surface area contributed by atoms with Crippen LogP contribution in [0.25, 0.3) is 21.3 Å². The van der Waals surface area contributed by atoms with Crippen molar-refractivity contribution >= 4 is 27.8 Å². The summed E-state index contributed by atoms with van der Waals surface area (Å²) in [7, 11) is 0. The fraction of sp³-hybridized carbons (Fsp3) is 0.222. The van der Waals surface area contributed by atoms with Crippen LogP contribution in [0.4, 0.5) is 4.39 Å². The largest absolute Gasteiger partial charge is 0.298 e. The molecule has 22 heavy (non-hydrogen) atoms. The monoisotopic (exact) mass is 311 g/mol. The predicted octanol–water partition coefficient (Wildman–Crippen LogP) is 5.10. The van der Waals surface area contributed by atoms with Crippen molar-refractivity contribution in [1.82, 2.24) is 4.98 Å². The minimum atomic E-state index is -0.272. The van der Waals surface area contributed by atoms with E-state index in [1.54, 1.807) is 23.5 Å². The Labute approximate surface area is 131 Å². The van der Waals surface area contributed by atoms with Crippen molar-refractivity contribution in [2.24, 2.45) is 0 Å². The van der Waals surface area contributed by atoms with E-state index in [0.717, 1.165) is 51.7 Å². The molecule has 0 saturated heterocycles. The van der Waals surface area contributed by atoms with Crippen molar-refractivity contribution in [2.75, 3.05) is 0 Å². The molecule has 0 spiro atoms. The van der Waals surface area contributed by atoms with Gasteiger partial charge in [-0.3, -0.25) is 4.79 Å². The van der Waals surface area contributed by atoms with Crippen molar-refractivity contribution in [1.29, 1.82) is 0 Å². The standard InChI is InChI=1S/C18H14FNOS/c1-10-9-22-18-15(10)16(11-4-6-13(19)7-5-11)14(8-21)17(20-18)12-2-3-12/h4-9,12H,2-3H2,1H3. The lowest BCUT2D eigenvalue weighted by Crippen LogP contribution is -2.00. The molecule has 1 aromatic carbocycles. The summed E-state index contributed by atoms with van der Waals surface area (Å²) < 4.78 is 13.3. The number of fused-ring (bicyclic) bond motifs is 1. The highest BCUT2D eigenvalue weighted by molar-refractivity contribution is 7.17. The van der Waals surface area contributed by atoms with Crippen molar-refractivity contribution in [3.63, 3.8) is 0 Å². The topological polar surface area (TPSA) is 30.0 Å². The van der Waals surface area contributed by atoms with Gasteiger partial charge >= 0.3 is 0 Å². The number of carbonyl (C=O) groups excluding carboxylic acids is 1. The van der Waals surface area contributed by atoms with Crippen LogP contribution in [-0.2, 0) is 0 Å². The second kappa shape index (κ2) is 4.99. The summed E-state index contributed by atoms with van der Waals surface area (Å²) in [5.41, 5.74) is 4.46. The number of nitrogens with zero attached hydrogens (tertiary/aromatic N) is 1. The fourth-order valence-electron chi connectivity index (χ4n) is 2.95. The Kier molecular flexibility index (Phi) is 3.08. The third-order valence-corrected chi connectivity index (χ3v) is 5.18. The molecule has 110 valence electrons. The van der Waals surface area contributed by atoms with E-state index in [-0.39, 0.29) is 5.82 Å². The SMILES string of the molecule is Cc1csc2nc(C3CC3)c(C=O)c(-c3ccc(F)cc3)c12. The van der Waals surface area contributed by atoms with Gasteiger partial charge in [-0.1, -0.05) is 12.1 Å². The molecule has 0 radical (unpaired) electrons. The Balaban J connectivity index is 2.10. The second-order valence-electron chi connectivity index (χ2n) is 5.78. The van der Waals surface area contributed by atoms with E-state index in [1.807, 2.05) is 6.92 Å². The van der Waals surface area contributed by atoms with E-state index in [0.29, 0.717) is 11.5 Å².